The third kappa shape index (κ3) is 4.91. The molecule has 0 saturated carbocycles. The lowest BCUT2D eigenvalue weighted by molar-refractivity contribution is 0.376. The van der Waals surface area contributed by atoms with Gasteiger partial charge in [-0.3, -0.25) is 0 Å². The quantitative estimate of drug-likeness (QED) is 0.353. The van der Waals surface area contributed by atoms with Crippen LogP contribution in [0.4, 0.5) is 0 Å². The average molecular weight is 383 g/mol. The second kappa shape index (κ2) is 9.39. The monoisotopic (exact) mass is 382 g/mol. The highest BCUT2D eigenvalue weighted by Gasteiger charge is 2.08. The minimum absolute atomic E-state index is 0.357. The van der Waals surface area contributed by atoms with Crippen molar-refractivity contribution in [3.8, 4) is 0 Å². The summed E-state index contributed by atoms with van der Waals surface area (Å²) in [6.45, 7) is 11.3. The van der Waals surface area contributed by atoms with Crippen molar-refractivity contribution in [3.05, 3.63) is 47.6 Å². The molecule has 0 amide bonds. The first-order chi connectivity index (χ1) is 13.6. The molecule has 2 N–H and O–H groups in total. The van der Waals surface area contributed by atoms with Gasteiger partial charge >= 0.3 is 0 Å². The Morgan fingerprint density at radius 2 is 2.07 bits per heavy atom. The summed E-state index contributed by atoms with van der Waals surface area (Å²) in [5.74, 6) is 2.97. The second-order valence-electron chi connectivity index (χ2n) is 7.15. The zero-order valence-electron chi connectivity index (χ0n) is 17.2. The van der Waals surface area contributed by atoms with E-state index in [1.807, 2.05) is 12.1 Å². The van der Waals surface area contributed by atoms with Crippen molar-refractivity contribution in [2.45, 2.75) is 53.1 Å². The maximum Gasteiger partial charge on any atom is 0.191 e. The van der Waals surface area contributed by atoms with E-state index in [9.17, 15) is 0 Å². The lowest BCUT2D eigenvalue weighted by Crippen LogP contribution is -2.38. The van der Waals surface area contributed by atoms with Crippen molar-refractivity contribution >= 4 is 17.0 Å². The number of benzene rings is 1. The predicted molar refractivity (Wildman–Crippen MR) is 112 cm³/mol. The fourth-order valence-electron chi connectivity index (χ4n) is 3.10. The van der Waals surface area contributed by atoms with E-state index < -0.39 is 0 Å². The van der Waals surface area contributed by atoms with Crippen LogP contribution in [0.3, 0.4) is 0 Å². The zero-order valence-corrected chi connectivity index (χ0v) is 17.2. The van der Waals surface area contributed by atoms with Crippen LogP contribution in [0.5, 0.6) is 0 Å². The highest BCUT2D eigenvalue weighted by molar-refractivity contribution is 5.79. The molecule has 0 spiro atoms. The van der Waals surface area contributed by atoms with Crippen LogP contribution in [0.2, 0.25) is 0 Å². The molecule has 7 nitrogen and oxygen atoms in total. The second-order valence-corrected chi connectivity index (χ2v) is 7.15. The van der Waals surface area contributed by atoms with Crippen LogP contribution < -0.4 is 10.6 Å². The number of imidazole rings is 1. The molecule has 0 unspecified atom stereocenters. The van der Waals surface area contributed by atoms with Gasteiger partial charge in [0.15, 0.2) is 11.7 Å². The molecule has 0 radical (unpaired) electrons. The summed E-state index contributed by atoms with van der Waals surface area (Å²) >= 11 is 0. The van der Waals surface area contributed by atoms with Gasteiger partial charge in [-0.25, -0.2) is 9.98 Å². The highest BCUT2D eigenvalue weighted by atomic mass is 16.5. The topological polar surface area (TPSA) is 80.3 Å². The number of aliphatic imine (C=N–C) groups is 1. The van der Waals surface area contributed by atoms with Crippen LogP contribution in [-0.4, -0.2) is 33.8 Å². The predicted octanol–water partition coefficient (Wildman–Crippen LogP) is 3.60. The van der Waals surface area contributed by atoms with E-state index in [0.717, 1.165) is 54.8 Å². The number of para-hydroxylation sites is 2. The fourth-order valence-corrected chi connectivity index (χ4v) is 3.10. The Morgan fingerprint density at radius 3 is 2.82 bits per heavy atom. The Hall–Kier alpha value is -2.83. The summed E-state index contributed by atoms with van der Waals surface area (Å²) in [5, 5.41) is 10.8. The van der Waals surface area contributed by atoms with E-state index in [1.54, 1.807) is 0 Å². The van der Waals surface area contributed by atoms with Gasteiger partial charge in [0.05, 0.1) is 16.7 Å². The van der Waals surface area contributed by atoms with Gasteiger partial charge in [-0.05, 0) is 38.3 Å². The smallest absolute Gasteiger partial charge is 0.191 e. The summed E-state index contributed by atoms with van der Waals surface area (Å²) in [6.07, 6.45) is 0.978. The Balaban J connectivity index is 1.53. The van der Waals surface area contributed by atoms with Gasteiger partial charge in [-0.15, -0.1) is 0 Å². The molecule has 1 aromatic carbocycles. The lowest BCUT2D eigenvalue weighted by atomic mass is 10.1. The molecule has 7 heteroatoms. The molecule has 0 saturated heterocycles. The first kappa shape index (κ1) is 19.9. The molecular weight excluding hydrogens is 352 g/mol. The van der Waals surface area contributed by atoms with E-state index in [-0.39, 0.29) is 0 Å². The molecule has 28 heavy (non-hydrogen) atoms. The summed E-state index contributed by atoms with van der Waals surface area (Å²) in [5.41, 5.74) is 3.20. The molecule has 3 rings (SSSR count). The Bertz CT molecular complexity index is 924. The number of rotatable bonds is 8. The molecule has 0 fully saturated rings. The van der Waals surface area contributed by atoms with Crippen LogP contribution in [0, 0.1) is 6.92 Å². The summed E-state index contributed by atoms with van der Waals surface area (Å²) in [6, 6.07) is 10.2. The number of nitrogens with zero attached hydrogens (tertiary/aromatic N) is 4. The van der Waals surface area contributed by atoms with E-state index in [2.05, 4.69) is 76.2 Å². The van der Waals surface area contributed by atoms with E-state index in [1.165, 1.54) is 5.52 Å². The van der Waals surface area contributed by atoms with Crippen LogP contribution in [-0.2, 0) is 13.1 Å². The largest absolute Gasteiger partial charge is 0.359 e. The van der Waals surface area contributed by atoms with Crippen LogP contribution in [0.1, 0.15) is 50.4 Å². The zero-order chi connectivity index (χ0) is 19.9. The molecule has 0 aliphatic heterocycles. The van der Waals surface area contributed by atoms with Gasteiger partial charge in [0.2, 0.25) is 0 Å². The third-order valence-electron chi connectivity index (χ3n) is 4.60. The maximum absolute atomic E-state index is 5.36. The number of hydrogen-bond donors (Lipinski definition) is 2. The molecular formula is C21H30N6O. The molecule has 0 aliphatic carbocycles. The molecule has 0 atom stereocenters. The molecule has 150 valence electrons. The van der Waals surface area contributed by atoms with Crippen LogP contribution >= 0.6 is 0 Å². The normalized spacial score (nSPS) is 12.1. The van der Waals surface area contributed by atoms with Gasteiger partial charge < -0.3 is 19.7 Å². The third-order valence-corrected chi connectivity index (χ3v) is 4.60. The highest BCUT2D eigenvalue weighted by Crippen LogP contribution is 2.16. The van der Waals surface area contributed by atoms with Crippen molar-refractivity contribution in [1.29, 1.82) is 0 Å². The number of fused-ring (bicyclic) bond motifs is 1. The van der Waals surface area contributed by atoms with Gasteiger partial charge in [0, 0.05) is 25.7 Å². The van der Waals surface area contributed by atoms with Gasteiger partial charge in [-0.1, -0.05) is 31.1 Å². The number of guanidine groups is 1. The minimum atomic E-state index is 0.357. The first-order valence-electron chi connectivity index (χ1n) is 9.98. The summed E-state index contributed by atoms with van der Waals surface area (Å²) < 4.78 is 7.63. The standard InChI is InChI=1S/C21H30N6O/c1-5-22-21(24-14-17-13-19(15(2)3)26-28-17)23-11-8-12-27-16(4)25-18-9-6-7-10-20(18)27/h6-7,9-10,13,15H,5,8,11-12,14H2,1-4H3,(H2,22,23,24). The van der Waals surface area contributed by atoms with Gasteiger partial charge in [-0.2, -0.15) is 0 Å². The van der Waals surface area contributed by atoms with Gasteiger partial charge in [0.1, 0.15) is 12.4 Å². The number of aryl methyl sites for hydroxylation is 2. The van der Waals surface area contributed by atoms with Crippen molar-refractivity contribution < 1.29 is 4.52 Å². The fraction of sp³-hybridized carbons (Fsp3) is 0.476. The van der Waals surface area contributed by atoms with Crippen LogP contribution in [0.15, 0.2) is 39.8 Å². The maximum atomic E-state index is 5.36. The van der Waals surface area contributed by atoms with Crippen molar-refractivity contribution in [2.24, 2.45) is 4.99 Å². The number of nitrogens with one attached hydrogen (secondary N) is 2. The Labute approximate surface area is 166 Å². The van der Waals surface area contributed by atoms with Gasteiger partial charge in [0.25, 0.3) is 0 Å². The molecule has 2 aromatic heterocycles. The number of aromatic nitrogens is 3. The Morgan fingerprint density at radius 1 is 1.25 bits per heavy atom. The van der Waals surface area contributed by atoms with Crippen LogP contribution in [0.25, 0.3) is 11.0 Å². The van der Waals surface area contributed by atoms with E-state index >= 15 is 0 Å². The van der Waals surface area contributed by atoms with E-state index in [4.69, 9.17) is 4.52 Å². The summed E-state index contributed by atoms with van der Waals surface area (Å²) in [7, 11) is 0. The molecule has 0 aliphatic rings. The Kier molecular flexibility index (Phi) is 6.68. The SMILES string of the molecule is CCNC(=NCc1cc(C(C)C)no1)NCCCn1c(C)nc2ccccc21. The summed E-state index contributed by atoms with van der Waals surface area (Å²) in [4.78, 5) is 9.22. The average Bonchev–Trinajstić information content (AvgIpc) is 3.27. The minimum Gasteiger partial charge on any atom is -0.359 e. The molecule has 0 bridgehead atoms. The molecule has 3 aromatic rings. The van der Waals surface area contributed by atoms with Crippen molar-refractivity contribution in [1.82, 2.24) is 25.3 Å². The van der Waals surface area contributed by atoms with Crippen molar-refractivity contribution in [2.75, 3.05) is 13.1 Å². The molecule has 2 heterocycles. The van der Waals surface area contributed by atoms with E-state index in [0.29, 0.717) is 12.5 Å². The first-order valence-corrected chi connectivity index (χ1v) is 9.98. The lowest BCUT2D eigenvalue weighted by Gasteiger charge is -2.12. The number of hydrogen-bond acceptors (Lipinski definition) is 4. The van der Waals surface area contributed by atoms with Crippen molar-refractivity contribution in [3.63, 3.8) is 0 Å².